The molecule has 7 nitrogen and oxygen atoms in total. The Morgan fingerprint density at radius 1 is 1.08 bits per heavy atom. The van der Waals surface area contributed by atoms with Gasteiger partial charge in [0.25, 0.3) is 5.91 Å². The van der Waals surface area contributed by atoms with Crippen LogP contribution in [0.25, 0.3) is 10.7 Å². The predicted molar refractivity (Wildman–Crippen MR) is 100 cm³/mol. The molecule has 3 aromatic heterocycles. The van der Waals surface area contributed by atoms with Crippen LogP contribution >= 0.6 is 11.3 Å². The number of hydrogen-bond acceptors (Lipinski definition) is 7. The molecule has 0 spiro atoms. The van der Waals surface area contributed by atoms with Crippen molar-refractivity contribution in [2.75, 3.05) is 31.1 Å². The molecule has 1 aliphatic rings. The van der Waals surface area contributed by atoms with Crippen LogP contribution in [-0.2, 0) is 0 Å². The lowest BCUT2D eigenvalue weighted by molar-refractivity contribution is 0.0750. The van der Waals surface area contributed by atoms with Crippen LogP contribution in [0.15, 0.2) is 43.0 Å². The van der Waals surface area contributed by atoms with E-state index in [2.05, 4.69) is 24.8 Å². The molecule has 4 rings (SSSR count). The number of piperazine rings is 1. The molecule has 0 aromatic carbocycles. The number of aromatic nitrogens is 4. The maximum Gasteiger partial charge on any atom is 0.265 e. The van der Waals surface area contributed by atoms with E-state index in [0.29, 0.717) is 18.0 Å². The Balaban J connectivity index is 1.47. The van der Waals surface area contributed by atoms with E-state index >= 15 is 0 Å². The second-order valence-electron chi connectivity index (χ2n) is 5.99. The molecule has 0 atom stereocenters. The van der Waals surface area contributed by atoms with Crippen molar-refractivity contribution in [2.24, 2.45) is 0 Å². The molecule has 4 heterocycles. The fraction of sp³-hybridized carbons (Fsp3) is 0.278. The molecule has 26 heavy (non-hydrogen) atoms. The van der Waals surface area contributed by atoms with Crippen LogP contribution in [0.2, 0.25) is 0 Å². The van der Waals surface area contributed by atoms with E-state index in [1.807, 2.05) is 30.0 Å². The number of rotatable bonds is 3. The number of pyridine rings is 1. The van der Waals surface area contributed by atoms with Crippen LogP contribution in [0.4, 0.5) is 5.82 Å². The summed E-state index contributed by atoms with van der Waals surface area (Å²) in [6.07, 6.45) is 6.84. The summed E-state index contributed by atoms with van der Waals surface area (Å²) in [6, 6.07) is 5.70. The monoisotopic (exact) mass is 366 g/mol. The first kappa shape index (κ1) is 16.6. The van der Waals surface area contributed by atoms with Crippen LogP contribution < -0.4 is 4.90 Å². The summed E-state index contributed by atoms with van der Waals surface area (Å²) < 4.78 is 0. The molecular weight excluding hydrogens is 348 g/mol. The quantitative estimate of drug-likeness (QED) is 0.708. The Bertz CT molecular complexity index is 891. The third-order valence-corrected chi connectivity index (χ3v) is 5.48. The van der Waals surface area contributed by atoms with Gasteiger partial charge in [-0.1, -0.05) is 6.07 Å². The first-order valence-corrected chi connectivity index (χ1v) is 9.23. The fourth-order valence-electron chi connectivity index (χ4n) is 2.93. The van der Waals surface area contributed by atoms with Crippen LogP contribution in [0.5, 0.6) is 0 Å². The van der Waals surface area contributed by atoms with Crippen molar-refractivity contribution in [3.8, 4) is 10.7 Å². The summed E-state index contributed by atoms with van der Waals surface area (Å²) >= 11 is 1.41. The van der Waals surface area contributed by atoms with Gasteiger partial charge in [0, 0.05) is 44.8 Å². The highest BCUT2D eigenvalue weighted by Gasteiger charge is 2.26. The average Bonchev–Trinajstić information content (AvgIpc) is 3.10. The van der Waals surface area contributed by atoms with Gasteiger partial charge in [0.2, 0.25) is 0 Å². The molecule has 1 aliphatic heterocycles. The van der Waals surface area contributed by atoms with Crippen LogP contribution in [0, 0.1) is 6.92 Å². The van der Waals surface area contributed by atoms with E-state index in [4.69, 9.17) is 0 Å². The number of thiazole rings is 1. The maximum atomic E-state index is 12.9. The molecule has 3 aromatic rings. The van der Waals surface area contributed by atoms with Gasteiger partial charge in [0.1, 0.15) is 15.7 Å². The van der Waals surface area contributed by atoms with Crippen molar-refractivity contribution in [3.05, 3.63) is 53.6 Å². The minimum Gasteiger partial charge on any atom is -0.352 e. The van der Waals surface area contributed by atoms with Gasteiger partial charge in [-0.3, -0.25) is 14.8 Å². The maximum absolute atomic E-state index is 12.9. The summed E-state index contributed by atoms with van der Waals surface area (Å²) in [7, 11) is 0. The Hall–Kier alpha value is -2.87. The molecule has 1 amide bonds. The summed E-state index contributed by atoms with van der Waals surface area (Å²) in [5, 5.41) is 0.782. The van der Waals surface area contributed by atoms with E-state index in [9.17, 15) is 4.79 Å². The lowest BCUT2D eigenvalue weighted by atomic mass is 10.2. The van der Waals surface area contributed by atoms with Crippen molar-refractivity contribution in [1.29, 1.82) is 0 Å². The minimum atomic E-state index is 0.0426. The standard InChI is InChI=1S/C18H18N6OS/c1-13-16(26-17(22-13)14-4-2-3-5-20-14)18(25)24-10-8-23(9-11-24)15-12-19-6-7-21-15/h2-7,12H,8-11H2,1H3. The minimum absolute atomic E-state index is 0.0426. The van der Waals surface area contributed by atoms with E-state index in [1.54, 1.807) is 24.8 Å². The smallest absolute Gasteiger partial charge is 0.265 e. The summed E-state index contributed by atoms with van der Waals surface area (Å²) in [4.78, 5) is 35.0. The number of amides is 1. The van der Waals surface area contributed by atoms with Gasteiger partial charge in [-0.15, -0.1) is 11.3 Å². The summed E-state index contributed by atoms with van der Waals surface area (Å²) in [5.74, 6) is 0.895. The topological polar surface area (TPSA) is 75.1 Å². The molecule has 132 valence electrons. The Labute approximate surface area is 155 Å². The normalized spacial score (nSPS) is 14.5. The highest BCUT2D eigenvalue weighted by Crippen LogP contribution is 2.27. The molecule has 1 saturated heterocycles. The number of nitrogens with zero attached hydrogens (tertiary/aromatic N) is 6. The van der Waals surface area contributed by atoms with Crippen molar-refractivity contribution < 1.29 is 4.79 Å². The molecule has 0 saturated carbocycles. The highest BCUT2D eigenvalue weighted by atomic mass is 32.1. The van der Waals surface area contributed by atoms with Gasteiger partial charge in [-0.25, -0.2) is 9.97 Å². The van der Waals surface area contributed by atoms with Gasteiger partial charge >= 0.3 is 0 Å². The molecule has 0 bridgehead atoms. The Morgan fingerprint density at radius 2 is 1.92 bits per heavy atom. The average molecular weight is 366 g/mol. The van der Waals surface area contributed by atoms with E-state index in [0.717, 1.165) is 35.3 Å². The lowest BCUT2D eigenvalue weighted by Crippen LogP contribution is -2.49. The fourth-order valence-corrected chi connectivity index (χ4v) is 3.94. The second kappa shape index (κ2) is 7.17. The summed E-state index contributed by atoms with van der Waals surface area (Å²) in [6.45, 7) is 4.69. The van der Waals surface area contributed by atoms with Crippen molar-refractivity contribution in [3.63, 3.8) is 0 Å². The zero-order valence-electron chi connectivity index (χ0n) is 14.4. The van der Waals surface area contributed by atoms with Gasteiger partial charge in [-0.05, 0) is 19.1 Å². The van der Waals surface area contributed by atoms with Crippen molar-refractivity contribution in [2.45, 2.75) is 6.92 Å². The van der Waals surface area contributed by atoms with E-state index < -0.39 is 0 Å². The van der Waals surface area contributed by atoms with Crippen LogP contribution in [-0.4, -0.2) is 56.9 Å². The van der Waals surface area contributed by atoms with Crippen molar-refractivity contribution >= 4 is 23.1 Å². The summed E-state index contributed by atoms with van der Waals surface area (Å²) in [5.41, 5.74) is 1.56. The van der Waals surface area contributed by atoms with Crippen LogP contribution in [0.1, 0.15) is 15.4 Å². The van der Waals surface area contributed by atoms with Crippen LogP contribution in [0.3, 0.4) is 0 Å². The molecule has 0 unspecified atom stereocenters. The van der Waals surface area contributed by atoms with E-state index in [-0.39, 0.29) is 5.91 Å². The molecule has 8 heteroatoms. The molecule has 0 N–H and O–H groups in total. The van der Waals surface area contributed by atoms with Gasteiger partial charge in [-0.2, -0.15) is 0 Å². The van der Waals surface area contributed by atoms with Crippen molar-refractivity contribution in [1.82, 2.24) is 24.8 Å². The molecular formula is C18H18N6OS. The number of aryl methyl sites for hydroxylation is 1. The SMILES string of the molecule is Cc1nc(-c2ccccn2)sc1C(=O)N1CCN(c2cnccn2)CC1. The third kappa shape index (κ3) is 3.28. The highest BCUT2D eigenvalue weighted by molar-refractivity contribution is 7.17. The van der Waals surface area contributed by atoms with Gasteiger partial charge in [0.15, 0.2) is 0 Å². The number of anilines is 1. The zero-order valence-corrected chi connectivity index (χ0v) is 15.2. The lowest BCUT2D eigenvalue weighted by Gasteiger charge is -2.35. The molecule has 0 aliphatic carbocycles. The Kier molecular flexibility index (Phi) is 4.57. The first-order valence-electron chi connectivity index (χ1n) is 8.41. The largest absolute Gasteiger partial charge is 0.352 e. The molecule has 1 fully saturated rings. The number of carbonyl (C=O) groups is 1. The van der Waals surface area contributed by atoms with E-state index in [1.165, 1.54) is 11.3 Å². The van der Waals surface area contributed by atoms with Gasteiger partial charge in [0.05, 0.1) is 17.6 Å². The number of carbonyl (C=O) groups excluding carboxylic acids is 1. The Morgan fingerprint density at radius 3 is 2.62 bits per heavy atom. The third-order valence-electron chi connectivity index (χ3n) is 4.32. The molecule has 0 radical (unpaired) electrons. The van der Waals surface area contributed by atoms with Gasteiger partial charge < -0.3 is 9.80 Å². The second-order valence-corrected chi connectivity index (χ2v) is 6.99. The predicted octanol–water partition coefficient (Wildman–Crippen LogP) is 2.27. The number of hydrogen-bond donors (Lipinski definition) is 0. The zero-order chi connectivity index (χ0) is 17.9. The first-order chi connectivity index (χ1) is 12.7.